The number of rotatable bonds is 7. The van der Waals surface area contributed by atoms with Gasteiger partial charge in [0.25, 0.3) is 5.91 Å². The van der Waals surface area contributed by atoms with E-state index in [0.717, 1.165) is 29.7 Å². The molecule has 4 saturated carbocycles. The molecule has 8 nitrogen and oxygen atoms in total. The molecule has 38 heavy (non-hydrogen) atoms. The lowest BCUT2D eigenvalue weighted by atomic mass is 9.49. The molecule has 0 spiro atoms. The van der Waals surface area contributed by atoms with Gasteiger partial charge < -0.3 is 9.64 Å². The maximum absolute atomic E-state index is 14.4. The van der Waals surface area contributed by atoms with Crippen molar-refractivity contribution >= 4 is 29.4 Å². The van der Waals surface area contributed by atoms with Crippen LogP contribution in [0.4, 0.5) is 5.69 Å². The highest BCUT2D eigenvalue weighted by Gasteiger charge is 2.57. The van der Waals surface area contributed by atoms with Crippen LogP contribution < -0.4 is 4.90 Å². The van der Waals surface area contributed by atoms with E-state index in [-0.39, 0.29) is 31.4 Å². The van der Waals surface area contributed by atoms with Crippen molar-refractivity contribution in [3.63, 3.8) is 0 Å². The summed E-state index contributed by atoms with van der Waals surface area (Å²) < 4.78 is 5.03. The Morgan fingerprint density at radius 2 is 1.68 bits per heavy atom. The van der Waals surface area contributed by atoms with E-state index in [0.29, 0.717) is 29.0 Å². The van der Waals surface area contributed by atoms with E-state index in [4.69, 9.17) is 4.74 Å². The molecule has 2 heterocycles. The van der Waals surface area contributed by atoms with E-state index in [9.17, 15) is 19.2 Å². The number of pyridine rings is 1. The lowest BCUT2D eigenvalue weighted by Gasteiger charge is -2.56. The van der Waals surface area contributed by atoms with Crippen molar-refractivity contribution in [2.75, 3.05) is 11.5 Å². The molecule has 4 bridgehead atoms. The van der Waals surface area contributed by atoms with Crippen LogP contribution in [0.25, 0.3) is 0 Å². The molecule has 8 heteroatoms. The Bertz CT molecular complexity index is 1220. The summed E-state index contributed by atoms with van der Waals surface area (Å²) in [6.45, 7) is 2.24. The van der Waals surface area contributed by atoms with E-state index in [1.807, 2.05) is 12.1 Å². The Labute approximate surface area is 222 Å². The van der Waals surface area contributed by atoms with Crippen LogP contribution in [0, 0.1) is 23.2 Å². The van der Waals surface area contributed by atoms with Crippen molar-refractivity contribution in [1.82, 2.24) is 9.88 Å². The van der Waals surface area contributed by atoms with E-state index in [1.165, 1.54) is 19.3 Å². The van der Waals surface area contributed by atoms with E-state index >= 15 is 0 Å². The average molecular weight is 516 g/mol. The summed E-state index contributed by atoms with van der Waals surface area (Å²) in [6, 6.07) is 9.12. The van der Waals surface area contributed by atoms with Gasteiger partial charge >= 0.3 is 5.97 Å². The summed E-state index contributed by atoms with van der Waals surface area (Å²) in [4.78, 5) is 60.5. The monoisotopic (exact) mass is 515 g/mol. The molecule has 0 radical (unpaired) electrons. The maximum Gasteiger partial charge on any atom is 0.338 e. The van der Waals surface area contributed by atoms with Crippen LogP contribution in [0.1, 0.15) is 67.8 Å². The molecule has 4 aliphatic carbocycles. The van der Waals surface area contributed by atoms with Gasteiger partial charge in [0.1, 0.15) is 6.04 Å². The van der Waals surface area contributed by atoms with E-state index < -0.39 is 23.3 Å². The first-order valence-electron chi connectivity index (χ1n) is 13.7. The normalized spacial score (nSPS) is 29.6. The quantitative estimate of drug-likeness (QED) is 0.406. The number of carbonyl (C=O) groups excluding carboxylic acids is 4. The topological polar surface area (TPSA) is 96.9 Å². The second-order valence-corrected chi connectivity index (χ2v) is 11.5. The predicted molar refractivity (Wildman–Crippen MR) is 139 cm³/mol. The Morgan fingerprint density at radius 3 is 2.26 bits per heavy atom. The minimum Gasteiger partial charge on any atom is -0.462 e. The molecule has 1 saturated heterocycles. The van der Waals surface area contributed by atoms with Gasteiger partial charge in [-0.05, 0) is 99.1 Å². The van der Waals surface area contributed by atoms with Crippen molar-refractivity contribution < 1.29 is 23.9 Å². The summed E-state index contributed by atoms with van der Waals surface area (Å²) in [5.74, 6) is 0.562. The van der Waals surface area contributed by atoms with Crippen LogP contribution in [0.3, 0.4) is 0 Å². The van der Waals surface area contributed by atoms with E-state index in [1.54, 1.807) is 48.5 Å². The first-order chi connectivity index (χ1) is 18.4. The first kappa shape index (κ1) is 24.8. The highest BCUT2D eigenvalue weighted by molar-refractivity contribution is 6.23. The van der Waals surface area contributed by atoms with Gasteiger partial charge in [-0.2, -0.15) is 0 Å². The molecule has 5 aliphatic rings. The van der Waals surface area contributed by atoms with Gasteiger partial charge in [0, 0.05) is 18.9 Å². The van der Waals surface area contributed by atoms with Gasteiger partial charge in [0.05, 0.1) is 29.7 Å². The summed E-state index contributed by atoms with van der Waals surface area (Å²) in [5.41, 5.74) is 1.14. The number of anilines is 1. The van der Waals surface area contributed by atoms with Crippen molar-refractivity contribution in [3.8, 4) is 0 Å². The molecule has 2 aromatic rings. The average Bonchev–Trinajstić information content (AvgIpc) is 3.20. The summed E-state index contributed by atoms with van der Waals surface area (Å²) >= 11 is 0. The van der Waals surface area contributed by atoms with Crippen molar-refractivity contribution in [2.45, 2.75) is 64.5 Å². The van der Waals surface area contributed by atoms with Gasteiger partial charge in [-0.1, -0.05) is 6.07 Å². The summed E-state index contributed by atoms with van der Waals surface area (Å²) in [5, 5.41) is 0. The molecule has 1 aromatic heterocycles. The number of amides is 3. The van der Waals surface area contributed by atoms with Gasteiger partial charge in [-0.15, -0.1) is 0 Å². The second kappa shape index (κ2) is 9.64. The number of hydrogen-bond acceptors (Lipinski definition) is 6. The fraction of sp³-hybridized carbons (Fsp3) is 0.500. The molecule has 0 N–H and O–H groups in total. The van der Waals surface area contributed by atoms with Crippen LogP contribution in [0.2, 0.25) is 0 Å². The first-order valence-corrected chi connectivity index (χ1v) is 13.7. The Balaban J connectivity index is 1.29. The van der Waals surface area contributed by atoms with Crippen LogP contribution in [-0.4, -0.2) is 46.2 Å². The minimum absolute atomic E-state index is 0.0195. The highest BCUT2D eigenvalue weighted by Crippen LogP contribution is 2.60. The molecule has 1 atom stereocenters. The molecule has 1 aliphatic heterocycles. The lowest BCUT2D eigenvalue weighted by Crippen LogP contribution is -2.57. The third-order valence-electron chi connectivity index (χ3n) is 8.96. The van der Waals surface area contributed by atoms with Gasteiger partial charge in [-0.25, -0.2) is 9.69 Å². The van der Waals surface area contributed by atoms with Crippen LogP contribution >= 0.6 is 0 Å². The van der Waals surface area contributed by atoms with Crippen LogP contribution in [0.15, 0.2) is 48.8 Å². The van der Waals surface area contributed by atoms with Crippen molar-refractivity contribution in [3.05, 3.63) is 59.9 Å². The third kappa shape index (κ3) is 4.29. The summed E-state index contributed by atoms with van der Waals surface area (Å²) in [7, 11) is 0. The molecular weight excluding hydrogens is 482 g/mol. The SMILES string of the molecule is CCOC(=O)c1ccc(N2C(=O)CC(N(Cc3cccnc3)C(=O)C34CC5CC(CC(C5)C3)C4)C2=O)cc1. The number of ether oxygens (including phenoxy) is 1. The zero-order chi connectivity index (χ0) is 26.4. The molecular formula is C30H33N3O5. The number of esters is 1. The molecule has 1 aromatic carbocycles. The lowest BCUT2D eigenvalue weighted by molar-refractivity contribution is -0.162. The van der Waals surface area contributed by atoms with Gasteiger partial charge in [-0.3, -0.25) is 19.4 Å². The standard InChI is InChI=1S/C30H33N3O5/c1-2-38-28(36)23-5-7-24(8-6-23)33-26(34)13-25(27(33)35)32(18-19-4-3-9-31-17-19)29(37)30-14-20-10-21(15-30)12-22(11-20)16-30/h3-9,17,20-22,25H,2,10-16,18H2,1H3. The molecule has 7 rings (SSSR count). The fourth-order valence-electron chi connectivity index (χ4n) is 7.78. The Hall–Kier alpha value is -3.55. The maximum atomic E-state index is 14.4. The van der Waals surface area contributed by atoms with Crippen molar-refractivity contribution in [1.29, 1.82) is 0 Å². The number of hydrogen-bond donors (Lipinski definition) is 0. The van der Waals surface area contributed by atoms with Crippen molar-refractivity contribution in [2.24, 2.45) is 23.2 Å². The second-order valence-electron chi connectivity index (χ2n) is 11.5. The third-order valence-corrected chi connectivity index (χ3v) is 8.96. The molecule has 1 unspecified atom stereocenters. The number of nitrogens with zero attached hydrogens (tertiary/aromatic N) is 3. The number of imide groups is 1. The fourth-order valence-corrected chi connectivity index (χ4v) is 7.78. The zero-order valence-electron chi connectivity index (χ0n) is 21.7. The van der Waals surface area contributed by atoms with Gasteiger partial charge in [0.2, 0.25) is 11.8 Å². The van der Waals surface area contributed by atoms with Crippen LogP contribution in [-0.2, 0) is 25.7 Å². The van der Waals surface area contributed by atoms with Gasteiger partial charge in [0.15, 0.2) is 0 Å². The van der Waals surface area contributed by atoms with E-state index in [2.05, 4.69) is 4.98 Å². The zero-order valence-corrected chi connectivity index (χ0v) is 21.7. The Morgan fingerprint density at radius 1 is 1.03 bits per heavy atom. The highest BCUT2D eigenvalue weighted by atomic mass is 16.5. The summed E-state index contributed by atoms with van der Waals surface area (Å²) in [6.07, 6.45) is 9.63. The number of benzene rings is 1. The molecule has 198 valence electrons. The van der Waals surface area contributed by atoms with Crippen LogP contribution in [0.5, 0.6) is 0 Å². The smallest absolute Gasteiger partial charge is 0.338 e. The Kier molecular flexibility index (Phi) is 6.28. The number of aromatic nitrogens is 1. The minimum atomic E-state index is -0.868. The molecule has 5 fully saturated rings. The largest absolute Gasteiger partial charge is 0.462 e. The number of carbonyl (C=O) groups is 4. The predicted octanol–water partition coefficient (Wildman–Crippen LogP) is 4.14. The molecule has 3 amide bonds.